The van der Waals surface area contributed by atoms with Gasteiger partial charge in [-0.3, -0.25) is 19.3 Å². The van der Waals surface area contributed by atoms with Crippen molar-refractivity contribution < 1.29 is 19.2 Å². The van der Waals surface area contributed by atoms with Gasteiger partial charge >= 0.3 is 6.03 Å². The molecule has 2 N–H and O–H groups in total. The summed E-state index contributed by atoms with van der Waals surface area (Å²) in [7, 11) is 0. The Morgan fingerprint density at radius 2 is 1.79 bits per heavy atom. The highest BCUT2D eigenvalue weighted by molar-refractivity contribution is 6.10. The number of rotatable bonds is 7. The van der Waals surface area contributed by atoms with Crippen LogP contribution in [-0.4, -0.2) is 46.0 Å². The lowest BCUT2D eigenvalue weighted by atomic mass is 10.0. The molecule has 0 bridgehead atoms. The number of ketones is 2. The number of carbonyl (C=O) groups is 4. The van der Waals surface area contributed by atoms with Crippen LogP contribution < -0.4 is 5.32 Å². The van der Waals surface area contributed by atoms with Crippen molar-refractivity contribution in [3.05, 3.63) is 58.4 Å². The van der Waals surface area contributed by atoms with Crippen molar-refractivity contribution in [2.75, 3.05) is 6.54 Å². The van der Waals surface area contributed by atoms with Gasteiger partial charge in [0.15, 0.2) is 11.6 Å². The van der Waals surface area contributed by atoms with Gasteiger partial charge in [0.25, 0.3) is 5.91 Å². The molecule has 7 heteroatoms. The van der Waals surface area contributed by atoms with E-state index in [1.165, 1.54) is 6.92 Å². The average molecular weight is 381 g/mol. The maximum atomic E-state index is 12.7. The van der Waals surface area contributed by atoms with Crippen molar-refractivity contribution in [3.63, 3.8) is 0 Å². The van der Waals surface area contributed by atoms with E-state index in [0.717, 1.165) is 10.5 Å². The summed E-state index contributed by atoms with van der Waals surface area (Å²) in [5.74, 6) is -0.941. The van der Waals surface area contributed by atoms with E-state index in [0.29, 0.717) is 29.7 Å². The van der Waals surface area contributed by atoms with Crippen molar-refractivity contribution in [2.45, 2.75) is 39.7 Å². The molecule has 1 fully saturated rings. The number of hydrogen-bond donors (Lipinski definition) is 2. The molecule has 0 unspecified atom stereocenters. The fourth-order valence-electron chi connectivity index (χ4n) is 3.66. The Kier molecular flexibility index (Phi) is 5.44. The summed E-state index contributed by atoms with van der Waals surface area (Å²) in [6.45, 7) is 4.48. The number of urea groups is 1. The number of aryl methyl sites for hydroxylation is 2. The molecule has 1 saturated heterocycles. The lowest BCUT2D eigenvalue weighted by Gasteiger charge is -2.12. The molecule has 28 heavy (non-hydrogen) atoms. The summed E-state index contributed by atoms with van der Waals surface area (Å²) >= 11 is 0. The van der Waals surface area contributed by atoms with Crippen LogP contribution in [0.1, 0.15) is 51.0 Å². The smallest absolute Gasteiger partial charge is 0.325 e. The Morgan fingerprint density at radius 3 is 2.39 bits per heavy atom. The number of amides is 3. The molecule has 3 rings (SSSR count). The molecule has 2 heterocycles. The minimum Gasteiger partial charge on any atom is -0.355 e. The van der Waals surface area contributed by atoms with Crippen LogP contribution in [0, 0.1) is 13.8 Å². The van der Waals surface area contributed by atoms with E-state index < -0.39 is 23.8 Å². The summed E-state index contributed by atoms with van der Waals surface area (Å²) in [6.07, 6.45) is 1.12. The topological polar surface area (TPSA) is 99.3 Å². The Bertz CT molecular complexity index is 946. The van der Waals surface area contributed by atoms with Gasteiger partial charge in [0.1, 0.15) is 6.04 Å². The van der Waals surface area contributed by atoms with Gasteiger partial charge in [0.05, 0.1) is 12.2 Å². The fourth-order valence-corrected chi connectivity index (χ4v) is 3.66. The fraction of sp³-hybridized carbons (Fsp3) is 0.333. The standard InChI is InChI=1S/C21H23N3O4/c1-12-18(14(3)25)13(2)22-19(12)17(26)11-24-20(27)16(23-21(24)28)10-9-15-7-5-4-6-8-15/h4-8,16,22H,9-11H2,1-3H3,(H,23,28)/t16-/m0/s1. The Labute approximate surface area is 163 Å². The zero-order valence-electron chi connectivity index (χ0n) is 16.2. The SMILES string of the molecule is CC(=O)c1c(C)[nH]c(C(=O)CN2C(=O)N[C@@H](CCc3ccccc3)C2=O)c1C. The van der Waals surface area contributed by atoms with Crippen LogP contribution in [0.2, 0.25) is 0 Å². The predicted octanol–water partition coefficient (Wildman–Crippen LogP) is 2.57. The molecule has 0 saturated carbocycles. The van der Waals surface area contributed by atoms with Crippen molar-refractivity contribution >= 4 is 23.5 Å². The van der Waals surface area contributed by atoms with Crippen LogP contribution >= 0.6 is 0 Å². The van der Waals surface area contributed by atoms with Gasteiger partial charge in [0.2, 0.25) is 0 Å². The van der Waals surface area contributed by atoms with Crippen molar-refractivity contribution in [1.82, 2.24) is 15.2 Å². The Balaban J connectivity index is 1.68. The summed E-state index contributed by atoms with van der Waals surface area (Å²) < 4.78 is 0. The molecular formula is C21H23N3O4. The first-order valence-corrected chi connectivity index (χ1v) is 9.18. The highest BCUT2D eigenvalue weighted by atomic mass is 16.2. The Hall–Kier alpha value is -3.22. The first-order chi connectivity index (χ1) is 13.3. The van der Waals surface area contributed by atoms with Crippen LogP contribution in [0.4, 0.5) is 4.79 Å². The van der Waals surface area contributed by atoms with E-state index in [-0.39, 0.29) is 18.0 Å². The number of benzene rings is 1. The molecule has 0 radical (unpaired) electrons. The number of imide groups is 1. The van der Waals surface area contributed by atoms with E-state index in [1.807, 2.05) is 30.3 Å². The molecule has 0 spiro atoms. The molecule has 3 amide bonds. The third kappa shape index (κ3) is 3.74. The Morgan fingerprint density at radius 1 is 1.11 bits per heavy atom. The largest absolute Gasteiger partial charge is 0.355 e. The quantitative estimate of drug-likeness (QED) is 0.569. The number of H-pyrrole nitrogens is 1. The monoisotopic (exact) mass is 381 g/mol. The maximum absolute atomic E-state index is 12.7. The minimum atomic E-state index is -0.639. The number of nitrogens with one attached hydrogen (secondary N) is 2. The van der Waals surface area contributed by atoms with Crippen molar-refractivity contribution in [3.8, 4) is 0 Å². The van der Waals surface area contributed by atoms with Crippen LogP contribution in [0.15, 0.2) is 30.3 Å². The van der Waals surface area contributed by atoms with Crippen LogP contribution in [0.3, 0.4) is 0 Å². The number of carbonyl (C=O) groups excluding carboxylic acids is 4. The van der Waals surface area contributed by atoms with Gasteiger partial charge < -0.3 is 10.3 Å². The molecule has 146 valence electrons. The zero-order valence-corrected chi connectivity index (χ0v) is 16.2. The van der Waals surface area contributed by atoms with Gasteiger partial charge in [-0.1, -0.05) is 30.3 Å². The predicted molar refractivity (Wildman–Crippen MR) is 103 cm³/mol. The first kappa shape index (κ1) is 19.5. The van der Waals surface area contributed by atoms with Crippen LogP contribution in [0.5, 0.6) is 0 Å². The second-order valence-corrected chi connectivity index (χ2v) is 7.06. The maximum Gasteiger partial charge on any atom is 0.325 e. The second kappa shape index (κ2) is 7.80. The molecule has 1 aromatic heterocycles. The zero-order chi connectivity index (χ0) is 20.4. The van der Waals surface area contributed by atoms with E-state index in [4.69, 9.17) is 0 Å². The molecule has 2 aromatic rings. The lowest BCUT2D eigenvalue weighted by Crippen LogP contribution is -2.36. The number of aromatic nitrogens is 1. The third-order valence-electron chi connectivity index (χ3n) is 5.04. The number of hydrogen-bond acceptors (Lipinski definition) is 4. The highest BCUT2D eigenvalue weighted by Gasteiger charge is 2.39. The molecule has 1 aromatic carbocycles. The first-order valence-electron chi connectivity index (χ1n) is 9.18. The van der Waals surface area contributed by atoms with E-state index in [9.17, 15) is 19.2 Å². The summed E-state index contributed by atoms with van der Waals surface area (Å²) in [5, 5.41) is 2.65. The van der Waals surface area contributed by atoms with E-state index in [2.05, 4.69) is 10.3 Å². The van der Waals surface area contributed by atoms with Crippen molar-refractivity contribution in [2.24, 2.45) is 0 Å². The van der Waals surface area contributed by atoms with Gasteiger partial charge in [-0.15, -0.1) is 0 Å². The van der Waals surface area contributed by atoms with Gasteiger partial charge in [0, 0.05) is 11.3 Å². The molecule has 0 aliphatic carbocycles. The van der Waals surface area contributed by atoms with Crippen LogP contribution in [0.25, 0.3) is 0 Å². The lowest BCUT2D eigenvalue weighted by molar-refractivity contribution is -0.127. The summed E-state index contributed by atoms with van der Waals surface area (Å²) in [4.78, 5) is 53.1. The van der Waals surface area contributed by atoms with Crippen molar-refractivity contribution in [1.29, 1.82) is 0 Å². The summed E-state index contributed by atoms with van der Waals surface area (Å²) in [6, 6.07) is 8.48. The van der Waals surface area contributed by atoms with Crippen LogP contribution in [-0.2, 0) is 11.2 Å². The molecule has 1 aliphatic heterocycles. The minimum absolute atomic E-state index is 0.138. The number of Topliss-reactive ketones (excluding diaryl/α,β-unsaturated/α-hetero) is 2. The molecular weight excluding hydrogens is 358 g/mol. The van der Waals surface area contributed by atoms with Gasteiger partial charge in [-0.05, 0) is 44.7 Å². The molecule has 1 aliphatic rings. The number of aromatic amines is 1. The van der Waals surface area contributed by atoms with E-state index >= 15 is 0 Å². The third-order valence-corrected chi connectivity index (χ3v) is 5.04. The van der Waals surface area contributed by atoms with Gasteiger partial charge in [-0.2, -0.15) is 0 Å². The molecule has 1 atom stereocenters. The molecule has 7 nitrogen and oxygen atoms in total. The summed E-state index contributed by atoms with van der Waals surface area (Å²) in [5.41, 5.74) is 2.96. The second-order valence-electron chi connectivity index (χ2n) is 7.06. The average Bonchev–Trinajstić information content (AvgIpc) is 3.10. The highest BCUT2D eigenvalue weighted by Crippen LogP contribution is 2.20. The van der Waals surface area contributed by atoms with E-state index in [1.54, 1.807) is 13.8 Å². The number of nitrogens with zero attached hydrogens (tertiary/aromatic N) is 1. The normalized spacial score (nSPS) is 16.4. The van der Waals surface area contributed by atoms with Gasteiger partial charge in [-0.25, -0.2) is 4.79 Å².